The number of piperazine rings is 3. The lowest BCUT2D eigenvalue weighted by atomic mass is 9.78. The zero-order valence-corrected chi connectivity index (χ0v) is 23.4. The van der Waals surface area contributed by atoms with Crippen LogP contribution in [0.2, 0.25) is 0 Å². The summed E-state index contributed by atoms with van der Waals surface area (Å²) in [6, 6.07) is 5.84. The summed E-state index contributed by atoms with van der Waals surface area (Å²) in [4.78, 5) is 37.5. The minimum Gasteiger partial charge on any atom is -0.488 e. The van der Waals surface area contributed by atoms with Crippen LogP contribution in [0.15, 0.2) is 29.5 Å². The molecule has 4 saturated heterocycles. The predicted octanol–water partition coefficient (Wildman–Crippen LogP) is 0.512. The van der Waals surface area contributed by atoms with E-state index in [1.165, 1.54) is 4.90 Å². The lowest BCUT2D eigenvalue weighted by Crippen LogP contribution is -2.75. The maximum absolute atomic E-state index is 12.6. The number of carbonyl (C=O) groups is 3. The fourth-order valence-corrected chi connectivity index (χ4v) is 7.37. The van der Waals surface area contributed by atoms with Crippen LogP contribution in [0.25, 0.3) is 0 Å². The lowest BCUT2D eigenvalue weighted by Gasteiger charge is -2.55. The van der Waals surface area contributed by atoms with E-state index in [0.717, 1.165) is 63.9 Å². The predicted molar refractivity (Wildman–Crippen MR) is 142 cm³/mol. The Labute approximate surface area is 230 Å². The van der Waals surface area contributed by atoms with Gasteiger partial charge >= 0.3 is 5.97 Å². The molecular weight excluding hydrogens is 591 g/mol. The Kier molecular flexibility index (Phi) is 6.78. The van der Waals surface area contributed by atoms with Crippen molar-refractivity contribution in [3.63, 3.8) is 0 Å². The standard InChI is InChI=1S/C26H33IN4O6/c1-15-18(24(26(35)36)29-23(15)22(16(2)32)25(29)34)14-37-20-11-17(3-4-19(20)27)12-30-5-8-31(9-6-30,10-7-30)13-21(28)33/h3-4,11,15-16,22-23,32H,5-10,12-14H2,1-2H3,(H-2,28,33,35,36)/p+2/t15?,16?,22-,23-,30?,31?/m1/s1. The topological polar surface area (TPSA) is 130 Å². The molecule has 4 atom stereocenters. The minimum absolute atomic E-state index is 0.0110. The number of quaternary nitrogens is 2. The number of aliphatic hydroxyl groups is 1. The van der Waals surface area contributed by atoms with Gasteiger partial charge in [-0.25, -0.2) is 4.79 Å². The lowest BCUT2D eigenvalue weighted by molar-refractivity contribution is -1.08. The average Bonchev–Trinajstić information content (AvgIpc) is 3.08. The number of β-lactam (4-membered cyclic amide) rings is 1. The molecule has 10 nitrogen and oxygen atoms in total. The van der Waals surface area contributed by atoms with E-state index in [4.69, 9.17) is 10.5 Å². The summed E-state index contributed by atoms with van der Waals surface area (Å²) in [7, 11) is 0. The molecular formula is C26H35IN4O6+2. The molecule has 0 spiro atoms. The number of carboxylic acid groups (broad SMARTS) is 1. The molecule has 1 aromatic carbocycles. The van der Waals surface area contributed by atoms with Gasteiger partial charge in [0, 0.05) is 17.1 Å². The maximum Gasteiger partial charge on any atom is 0.352 e. The van der Waals surface area contributed by atoms with Crippen molar-refractivity contribution in [2.24, 2.45) is 17.6 Å². The first-order chi connectivity index (χ1) is 17.5. The number of amides is 2. The molecule has 0 saturated carbocycles. The first-order valence-electron chi connectivity index (χ1n) is 12.8. The number of hydrogen-bond donors (Lipinski definition) is 3. The number of halogens is 1. The Hall–Kier alpha value is -2.22. The Morgan fingerprint density at radius 3 is 2.38 bits per heavy atom. The van der Waals surface area contributed by atoms with E-state index in [1.807, 2.05) is 19.1 Å². The van der Waals surface area contributed by atoms with Gasteiger partial charge in [0.15, 0.2) is 6.54 Å². The van der Waals surface area contributed by atoms with Crippen LogP contribution >= 0.6 is 22.6 Å². The van der Waals surface area contributed by atoms with Gasteiger partial charge in [0.25, 0.3) is 5.91 Å². The van der Waals surface area contributed by atoms with Gasteiger partial charge in [-0.2, -0.15) is 0 Å². The van der Waals surface area contributed by atoms with Gasteiger partial charge in [0.2, 0.25) is 5.91 Å². The first kappa shape index (κ1) is 26.4. The summed E-state index contributed by atoms with van der Waals surface area (Å²) in [6.07, 6.45) is -0.832. The molecule has 5 aliphatic rings. The second-order valence-electron chi connectivity index (χ2n) is 11.3. The van der Waals surface area contributed by atoms with Crippen LogP contribution in [-0.4, -0.2) is 106 Å². The second kappa shape index (κ2) is 9.51. The number of nitrogens with zero attached hydrogens (tertiary/aromatic N) is 3. The van der Waals surface area contributed by atoms with Gasteiger partial charge in [0.05, 0.1) is 21.6 Å². The quantitative estimate of drug-likeness (QED) is 0.208. The number of ether oxygens (including phenoxy) is 1. The van der Waals surface area contributed by atoms with Gasteiger partial charge in [-0.15, -0.1) is 0 Å². The zero-order chi connectivity index (χ0) is 26.7. The maximum atomic E-state index is 12.6. The largest absolute Gasteiger partial charge is 0.488 e. The number of rotatable bonds is 9. The van der Waals surface area contributed by atoms with E-state index < -0.39 is 18.0 Å². The summed E-state index contributed by atoms with van der Waals surface area (Å²) in [6.45, 7) is 10.8. The van der Waals surface area contributed by atoms with E-state index >= 15 is 0 Å². The molecule has 1 aromatic rings. The highest BCUT2D eigenvalue weighted by atomic mass is 127. The molecule has 11 heteroatoms. The van der Waals surface area contributed by atoms with E-state index in [2.05, 4.69) is 28.7 Å². The van der Waals surface area contributed by atoms with Crippen LogP contribution in [0.3, 0.4) is 0 Å². The molecule has 5 heterocycles. The molecule has 2 bridgehead atoms. The van der Waals surface area contributed by atoms with Gasteiger partial charge in [-0.05, 0) is 41.6 Å². The average molecular weight is 626 g/mol. The van der Waals surface area contributed by atoms with Crippen LogP contribution in [0.1, 0.15) is 19.4 Å². The SMILES string of the molecule is CC(O)[C@H]1C(=O)N2C(C(=O)O)=C(COc3cc(C[N+]45CC[N+](CC(N)=O)(CC4)CC5)ccc3I)C(C)[C@H]12. The van der Waals surface area contributed by atoms with Gasteiger partial charge in [0.1, 0.15) is 63.9 Å². The molecule has 2 amide bonds. The number of aliphatic carboxylic acids is 1. The molecule has 2 unspecified atom stereocenters. The number of aliphatic hydroxyl groups excluding tert-OH is 1. The zero-order valence-electron chi connectivity index (χ0n) is 21.2. The van der Waals surface area contributed by atoms with Crippen LogP contribution in [-0.2, 0) is 20.9 Å². The van der Waals surface area contributed by atoms with Crippen LogP contribution < -0.4 is 10.5 Å². The van der Waals surface area contributed by atoms with Gasteiger partial charge < -0.3 is 34.5 Å². The highest BCUT2D eigenvalue weighted by Gasteiger charge is 2.60. The molecule has 37 heavy (non-hydrogen) atoms. The van der Waals surface area contributed by atoms with Crippen LogP contribution in [0.4, 0.5) is 0 Å². The third-order valence-electron chi connectivity index (χ3n) is 9.05. The summed E-state index contributed by atoms with van der Waals surface area (Å²) in [5.41, 5.74) is 7.23. The molecule has 0 aromatic heterocycles. The summed E-state index contributed by atoms with van der Waals surface area (Å²) in [5.74, 6) is -1.83. The number of carboxylic acids is 1. The number of carbonyl (C=O) groups excluding carboxylic acids is 2. The van der Waals surface area contributed by atoms with E-state index in [9.17, 15) is 24.6 Å². The molecule has 6 rings (SSSR count). The number of hydrogen-bond acceptors (Lipinski definition) is 5. The molecule has 5 aliphatic heterocycles. The smallest absolute Gasteiger partial charge is 0.352 e. The van der Waals surface area contributed by atoms with E-state index in [0.29, 0.717) is 17.9 Å². The second-order valence-corrected chi connectivity index (χ2v) is 12.5. The number of benzene rings is 1. The van der Waals surface area contributed by atoms with Crippen molar-refractivity contribution in [2.75, 3.05) is 52.4 Å². The number of nitrogens with two attached hydrogens (primary N) is 1. The summed E-state index contributed by atoms with van der Waals surface area (Å²) in [5, 5.41) is 19.9. The van der Waals surface area contributed by atoms with Gasteiger partial charge in [-0.1, -0.05) is 13.0 Å². The monoisotopic (exact) mass is 626 g/mol. The van der Waals surface area contributed by atoms with E-state index in [-0.39, 0.29) is 36.1 Å². The van der Waals surface area contributed by atoms with E-state index in [1.54, 1.807) is 6.92 Å². The number of primary amides is 1. The van der Waals surface area contributed by atoms with Gasteiger partial charge in [-0.3, -0.25) is 9.59 Å². The first-order valence-corrected chi connectivity index (χ1v) is 13.9. The van der Waals surface area contributed by atoms with Crippen molar-refractivity contribution in [2.45, 2.75) is 32.5 Å². The molecule has 0 aliphatic carbocycles. The van der Waals surface area contributed by atoms with Crippen molar-refractivity contribution in [3.8, 4) is 5.75 Å². The highest BCUT2D eigenvalue weighted by Crippen LogP contribution is 2.47. The third-order valence-corrected chi connectivity index (χ3v) is 9.94. The fraction of sp³-hybridized carbons (Fsp3) is 0.577. The molecule has 200 valence electrons. The molecule has 4 N–H and O–H groups in total. The van der Waals surface area contributed by atoms with Crippen molar-refractivity contribution < 1.29 is 38.3 Å². The van der Waals surface area contributed by atoms with Crippen molar-refractivity contribution in [1.29, 1.82) is 0 Å². The summed E-state index contributed by atoms with van der Waals surface area (Å²) >= 11 is 2.22. The summed E-state index contributed by atoms with van der Waals surface area (Å²) < 4.78 is 8.93. The Morgan fingerprint density at radius 1 is 1.19 bits per heavy atom. The molecule has 0 radical (unpaired) electrons. The van der Waals surface area contributed by atoms with Crippen molar-refractivity contribution >= 4 is 40.4 Å². The Balaban J connectivity index is 1.30. The Morgan fingerprint density at radius 2 is 1.81 bits per heavy atom. The van der Waals surface area contributed by atoms with Crippen LogP contribution in [0, 0.1) is 15.4 Å². The normalized spacial score (nSPS) is 33.2. The van der Waals surface area contributed by atoms with Crippen LogP contribution in [0.5, 0.6) is 5.75 Å². The molecule has 4 fully saturated rings. The fourth-order valence-electron chi connectivity index (χ4n) is 6.88. The minimum atomic E-state index is -1.15. The highest BCUT2D eigenvalue weighted by molar-refractivity contribution is 14.1. The Bertz CT molecular complexity index is 1160. The van der Waals surface area contributed by atoms with Crippen molar-refractivity contribution in [3.05, 3.63) is 38.6 Å². The number of fused-ring (bicyclic) bond motifs is 4. The van der Waals surface area contributed by atoms with Crippen molar-refractivity contribution in [1.82, 2.24) is 4.90 Å². The third kappa shape index (κ3) is 4.53.